The second kappa shape index (κ2) is 7.24. The average molecular weight is 214 g/mol. The van der Waals surface area contributed by atoms with Gasteiger partial charge in [0.25, 0.3) is 0 Å². The first-order valence-corrected chi connectivity index (χ1v) is 6.53. The molecule has 1 rings (SSSR count). The lowest BCUT2D eigenvalue weighted by molar-refractivity contribution is -0.00674. The maximum atomic E-state index is 9.87. The number of hydrogen-bond acceptors (Lipinski definition) is 2. The Morgan fingerprint density at radius 2 is 2.13 bits per heavy atom. The van der Waals surface area contributed by atoms with Crippen LogP contribution < -0.4 is 0 Å². The second-order valence-electron chi connectivity index (χ2n) is 4.94. The lowest BCUT2D eigenvalue weighted by Crippen LogP contribution is -2.24. The van der Waals surface area contributed by atoms with Gasteiger partial charge in [0.05, 0.1) is 12.2 Å². The lowest BCUT2D eigenvalue weighted by Gasteiger charge is -2.18. The van der Waals surface area contributed by atoms with Crippen molar-refractivity contribution in [3.05, 3.63) is 0 Å². The number of aliphatic hydroxyl groups is 1. The summed E-state index contributed by atoms with van der Waals surface area (Å²) in [6.45, 7) is 5.38. The smallest absolute Gasteiger partial charge is 0.0834 e. The lowest BCUT2D eigenvalue weighted by atomic mass is 9.96. The predicted octanol–water partition coefficient (Wildman–Crippen LogP) is 3.13. The normalized spacial score (nSPS) is 25.4. The second-order valence-corrected chi connectivity index (χ2v) is 4.94. The van der Waals surface area contributed by atoms with E-state index < -0.39 is 0 Å². The summed E-state index contributed by atoms with van der Waals surface area (Å²) in [5, 5.41) is 9.87. The molecule has 90 valence electrons. The molecule has 0 spiro atoms. The van der Waals surface area contributed by atoms with E-state index >= 15 is 0 Å². The maximum absolute atomic E-state index is 9.87. The first-order valence-electron chi connectivity index (χ1n) is 6.53. The van der Waals surface area contributed by atoms with Gasteiger partial charge in [-0.2, -0.15) is 0 Å². The van der Waals surface area contributed by atoms with Gasteiger partial charge in [-0.25, -0.2) is 0 Å². The van der Waals surface area contributed by atoms with Gasteiger partial charge in [0.2, 0.25) is 0 Å². The Labute approximate surface area is 94.0 Å². The van der Waals surface area contributed by atoms with E-state index in [9.17, 15) is 5.11 Å². The molecule has 2 heteroatoms. The van der Waals surface area contributed by atoms with Crippen LogP contribution in [0.3, 0.4) is 0 Å². The van der Waals surface area contributed by atoms with Crippen LogP contribution in [0.2, 0.25) is 0 Å². The summed E-state index contributed by atoms with van der Waals surface area (Å²) in [4.78, 5) is 0. The molecule has 0 aromatic heterocycles. The third kappa shape index (κ3) is 4.98. The molecule has 3 atom stereocenters. The largest absolute Gasteiger partial charge is 0.390 e. The van der Waals surface area contributed by atoms with Gasteiger partial charge in [-0.3, -0.25) is 0 Å². The number of ether oxygens (including phenoxy) is 1. The molecule has 15 heavy (non-hydrogen) atoms. The highest BCUT2D eigenvalue weighted by atomic mass is 16.5. The van der Waals surface area contributed by atoms with Crippen molar-refractivity contribution in [1.29, 1.82) is 0 Å². The molecule has 0 aromatic carbocycles. The predicted molar refractivity (Wildman–Crippen MR) is 62.9 cm³/mol. The third-order valence-electron chi connectivity index (χ3n) is 3.37. The van der Waals surface area contributed by atoms with Gasteiger partial charge in [0, 0.05) is 6.61 Å². The van der Waals surface area contributed by atoms with Crippen LogP contribution in [0.5, 0.6) is 0 Å². The topological polar surface area (TPSA) is 29.5 Å². The van der Waals surface area contributed by atoms with Crippen LogP contribution in [0, 0.1) is 5.92 Å². The molecule has 2 nitrogen and oxygen atoms in total. The zero-order chi connectivity index (χ0) is 11.1. The molecule has 0 saturated carbocycles. The SMILES string of the molecule is CCCC(C)CCCC(O)C1CCCO1. The van der Waals surface area contributed by atoms with E-state index in [2.05, 4.69) is 13.8 Å². The van der Waals surface area contributed by atoms with Crippen LogP contribution in [0.4, 0.5) is 0 Å². The minimum atomic E-state index is -0.221. The van der Waals surface area contributed by atoms with Crippen molar-refractivity contribution in [3.8, 4) is 0 Å². The van der Waals surface area contributed by atoms with Crippen LogP contribution >= 0.6 is 0 Å². The molecule has 1 aliphatic rings. The van der Waals surface area contributed by atoms with Crippen molar-refractivity contribution in [2.24, 2.45) is 5.92 Å². The molecule has 0 bridgehead atoms. The summed E-state index contributed by atoms with van der Waals surface area (Å²) in [5.41, 5.74) is 0. The Morgan fingerprint density at radius 1 is 1.33 bits per heavy atom. The molecular weight excluding hydrogens is 188 g/mol. The van der Waals surface area contributed by atoms with Gasteiger partial charge >= 0.3 is 0 Å². The Kier molecular flexibility index (Phi) is 6.26. The Hall–Kier alpha value is -0.0800. The van der Waals surface area contributed by atoms with E-state index in [4.69, 9.17) is 4.74 Å². The summed E-state index contributed by atoms with van der Waals surface area (Å²) in [6, 6.07) is 0. The van der Waals surface area contributed by atoms with Gasteiger partial charge in [-0.05, 0) is 25.2 Å². The van der Waals surface area contributed by atoms with Crippen molar-refractivity contribution in [2.75, 3.05) is 6.61 Å². The highest BCUT2D eigenvalue weighted by Gasteiger charge is 2.23. The van der Waals surface area contributed by atoms with Gasteiger partial charge < -0.3 is 9.84 Å². The molecule has 0 radical (unpaired) electrons. The molecule has 0 aliphatic carbocycles. The van der Waals surface area contributed by atoms with E-state index in [1.54, 1.807) is 0 Å². The fourth-order valence-corrected chi connectivity index (χ4v) is 2.40. The molecule has 3 unspecified atom stereocenters. The summed E-state index contributed by atoms with van der Waals surface area (Å²) < 4.78 is 5.47. The average Bonchev–Trinajstić information content (AvgIpc) is 2.70. The minimum absolute atomic E-state index is 0.131. The molecule has 0 amide bonds. The third-order valence-corrected chi connectivity index (χ3v) is 3.37. The quantitative estimate of drug-likeness (QED) is 0.705. The van der Waals surface area contributed by atoms with E-state index in [0.29, 0.717) is 0 Å². The van der Waals surface area contributed by atoms with Crippen molar-refractivity contribution in [2.45, 2.75) is 71.0 Å². The highest BCUT2D eigenvalue weighted by Crippen LogP contribution is 2.21. The van der Waals surface area contributed by atoms with E-state index in [1.165, 1.54) is 19.3 Å². The van der Waals surface area contributed by atoms with Crippen LogP contribution in [-0.4, -0.2) is 23.9 Å². The number of aliphatic hydroxyl groups excluding tert-OH is 1. The monoisotopic (exact) mass is 214 g/mol. The molecule has 1 aliphatic heterocycles. The fraction of sp³-hybridized carbons (Fsp3) is 1.00. The van der Waals surface area contributed by atoms with Crippen LogP contribution in [0.15, 0.2) is 0 Å². The molecule has 1 saturated heterocycles. The summed E-state index contributed by atoms with van der Waals surface area (Å²) in [7, 11) is 0. The summed E-state index contributed by atoms with van der Waals surface area (Å²) in [6.07, 6.45) is 7.97. The van der Waals surface area contributed by atoms with Gasteiger partial charge in [0.1, 0.15) is 0 Å². The zero-order valence-corrected chi connectivity index (χ0v) is 10.2. The highest BCUT2D eigenvalue weighted by molar-refractivity contribution is 4.73. The van der Waals surface area contributed by atoms with Crippen LogP contribution in [0.25, 0.3) is 0 Å². The van der Waals surface area contributed by atoms with E-state index in [1.807, 2.05) is 0 Å². The van der Waals surface area contributed by atoms with Gasteiger partial charge in [0.15, 0.2) is 0 Å². The van der Waals surface area contributed by atoms with Gasteiger partial charge in [-0.1, -0.05) is 39.5 Å². The first kappa shape index (κ1) is 13.0. The zero-order valence-electron chi connectivity index (χ0n) is 10.2. The summed E-state index contributed by atoms with van der Waals surface area (Å²) >= 11 is 0. The van der Waals surface area contributed by atoms with Gasteiger partial charge in [-0.15, -0.1) is 0 Å². The Morgan fingerprint density at radius 3 is 2.73 bits per heavy atom. The molecule has 0 aromatic rings. The Bertz CT molecular complexity index is 153. The van der Waals surface area contributed by atoms with Crippen molar-refractivity contribution >= 4 is 0 Å². The molecule has 1 fully saturated rings. The minimum Gasteiger partial charge on any atom is -0.390 e. The van der Waals surface area contributed by atoms with Crippen LogP contribution in [0.1, 0.15) is 58.8 Å². The van der Waals surface area contributed by atoms with Crippen molar-refractivity contribution < 1.29 is 9.84 Å². The van der Waals surface area contributed by atoms with E-state index in [-0.39, 0.29) is 12.2 Å². The number of hydrogen-bond donors (Lipinski definition) is 1. The van der Waals surface area contributed by atoms with Crippen molar-refractivity contribution in [3.63, 3.8) is 0 Å². The fourth-order valence-electron chi connectivity index (χ4n) is 2.40. The van der Waals surface area contributed by atoms with Crippen molar-refractivity contribution in [1.82, 2.24) is 0 Å². The summed E-state index contributed by atoms with van der Waals surface area (Å²) in [5.74, 6) is 0.812. The standard InChI is InChI=1S/C13H26O2/c1-3-6-11(2)7-4-8-12(14)13-9-5-10-15-13/h11-14H,3-10H2,1-2H3. The molecular formula is C13H26O2. The van der Waals surface area contributed by atoms with E-state index in [0.717, 1.165) is 38.2 Å². The molecule has 1 heterocycles. The first-order chi connectivity index (χ1) is 7.24. The van der Waals surface area contributed by atoms with Crippen LogP contribution in [-0.2, 0) is 4.74 Å². The number of rotatable bonds is 7. The maximum Gasteiger partial charge on any atom is 0.0834 e. The molecule has 1 N–H and O–H groups in total. The Balaban J connectivity index is 2.03.